The van der Waals surface area contributed by atoms with E-state index in [1.165, 1.54) is 19.3 Å². The molecule has 0 N–H and O–H groups in total. The third kappa shape index (κ3) is 0.756. The lowest BCUT2D eigenvalue weighted by Crippen LogP contribution is -2.43. The number of hydrogen-bond donors (Lipinski definition) is 0. The van der Waals surface area contributed by atoms with Gasteiger partial charge in [-0.2, -0.15) is 0 Å². The lowest BCUT2D eigenvalue weighted by atomic mass is 9.67. The van der Waals surface area contributed by atoms with Gasteiger partial charge in [-0.15, -0.1) is 11.8 Å². The average Bonchev–Trinajstić information content (AvgIpc) is 2.02. The number of thioether (sulfide) groups is 1. The van der Waals surface area contributed by atoms with Gasteiger partial charge in [-0.25, -0.2) is 0 Å². The van der Waals surface area contributed by atoms with E-state index in [1.54, 1.807) is 11.1 Å². The Hall–Kier alpha value is -0.170. The molecule has 2 aliphatic carbocycles. The molecule has 0 aromatic carbocycles. The van der Waals surface area contributed by atoms with Crippen molar-refractivity contribution in [2.45, 2.75) is 29.8 Å². The van der Waals surface area contributed by atoms with Gasteiger partial charge in [-0.3, -0.25) is 0 Å². The van der Waals surface area contributed by atoms with Gasteiger partial charge >= 0.3 is 0 Å². The van der Waals surface area contributed by atoms with Crippen molar-refractivity contribution >= 4 is 11.8 Å². The molecule has 1 heteroatoms. The van der Waals surface area contributed by atoms with Gasteiger partial charge in [0, 0.05) is 10.5 Å². The zero-order valence-electron chi connectivity index (χ0n) is 7.25. The van der Waals surface area contributed by atoms with Gasteiger partial charge in [-0.1, -0.05) is 24.3 Å². The summed E-state index contributed by atoms with van der Waals surface area (Å²) in [5, 5.41) is 1.58. The molecular weight excluding hydrogens is 164 g/mol. The molecule has 2 heterocycles. The van der Waals surface area contributed by atoms with E-state index >= 15 is 0 Å². The number of hydrogen-bond acceptors (Lipinski definition) is 1. The van der Waals surface area contributed by atoms with Crippen molar-refractivity contribution in [2.75, 3.05) is 0 Å². The topological polar surface area (TPSA) is 0 Å². The maximum absolute atomic E-state index is 4.23. The van der Waals surface area contributed by atoms with Crippen LogP contribution in [-0.2, 0) is 0 Å². The second-order valence-corrected chi connectivity index (χ2v) is 5.77. The molecule has 2 aliphatic heterocycles. The van der Waals surface area contributed by atoms with Gasteiger partial charge in [0.05, 0.1) is 0 Å². The van der Waals surface area contributed by atoms with Crippen LogP contribution in [0.5, 0.6) is 0 Å². The second kappa shape index (κ2) is 2.20. The van der Waals surface area contributed by atoms with Crippen molar-refractivity contribution in [3.05, 3.63) is 24.3 Å². The van der Waals surface area contributed by atoms with Gasteiger partial charge in [0.1, 0.15) is 0 Å². The van der Waals surface area contributed by atoms with Crippen molar-refractivity contribution in [3.63, 3.8) is 0 Å². The molecule has 4 rings (SSSR count). The van der Waals surface area contributed by atoms with Gasteiger partial charge in [0.25, 0.3) is 0 Å². The van der Waals surface area contributed by atoms with Crippen LogP contribution in [0.1, 0.15) is 19.3 Å². The molecule has 4 atom stereocenters. The summed E-state index contributed by atoms with van der Waals surface area (Å²) in [5.41, 5.74) is 3.08. The van der Waals surface area contributed by atoms with Crippen LogP contribution < -0.4 is 0 Å². The normalized spacial score (nSPS) is 50.3. The molecule has 0 aromatic heterocycles. The van der Waals surface area contributed by atoms with Crippen LogP contribution in [0.4, 0.5) is 0 Å². The minimum absolute atomic E-state index is 0.790. The van der Waals surface area contributed by atoms with Crippen molar-refractivity contribution in [1.82, 2.24) is 0 Å². The maximum Gasteiger partial charge on any atom is 0.0268 e. The van der Waals surface area contributed by atoms with Gasteiger partial charge < -0.3 is 0 Å². The molecule has 2 saturated heterocycles. The monoisotopic (exact) mass is 178 g/mol. The Morgan fingerprint density at radius 3 is 1.83 bits per heavy atom. The summed E-state index contributed by atoms with van der Waals surface area (Å²) in [5.74, 6) is 1.70. The Balaban J connectivity index is 2.01. The zero-order valence-corrected chi connectivity index (χ0v) is 8.07. The van der Waals surface area contributed by atoms with Gasteiger partial charge in [-0.05, 0) is 31.1 Å². The highest BCUT2D eigenvalue weighted by atomic mass is 32.2. The van der Waals surface area contributed by atoms with Crippen molar-refractivity contribution < 1.29 is 0 Å². The minimum Gasteiger partial charge on any atom is -0.146 e. The molecule has 0 radical (unpaired) electrons. The molecule has 4 aliphatic rings. The average molecular weight is 178 g/mol. The van der Waals surface area contributed by atoms with Crippen LogP contribution in [0.15, 0.2) is 24.3 Å². The largest absolute Gasteiger partial charge is 0.146 e. The van der Waals surface area contributed by atoms with E-state index in [0.717, 1.165) is 22.3 Å². The van der Waals surface area contributed by atoms with Crippen LogP contribution in [0.3, 0.4) is 0 Å². The van der Waals surface area contributed by atoms with Crippen molar-refractivity contribution in [3.8, 4) is 0 Å². The Bertz CT molecular complexity index is 206. The van der Waals surface area contributed by atoms with Gasteiger partial charge in [0.15, 0.2) is 0 Å². The summed E-state index contributed by atoms with van der Waals surface area (Å²) >= 11 is 2.12. The van der Waals surface area contributed by atoms with E-state index in [4.69, 9.17) is 0 Å². The number of rotatable bonds is 0. The molecule has 12 heavy (non-hydrogen) atoms. The van der Waals surface area contributed by atoms with Crippen LogP contribution in [-0.4, -0.2) is 10.5 Å². The third-order valence-electron chi connectivity index (χ3n) is 3.77. The Kier molecular flexibility index (Phi) is 1.33. The fourth-order valence-electron chi connectivity index (χ4n) is 2.97. The molecule has 4 fully saturated rings. The fraction of sp³-hybridized carbons (Fsp3) is 0.636. The maximum atomic E-state index is 4.23. The van der Waals surface area contributed by atoms with E-state index in [9.17, 15) is 0 Å². The van der Waals surface area contributed by atoms with Crippen molar-refractivity contribution in [2.24, 2.45) is 11.8 Å². The molecule has 0 amide bonds. The second-order valence-electron chi connectivity index (χ2n) is 4.36. The van der Waals surface area contributed by atoms with Crippen LogP contribution in [0.2, 0.25) is 0 Å². The summed E-state index contributed by atoms with van der Waals surface area (Å²) in [6.07, 6.45) is 4.05. The van der Waals surface area contributed by atoms with Crippen LogP contribution in [0, 0.1) is 11.8 Å². The summed E-state index contributed by atoms with van der Waals surface area (Å²) < 4.78 is 0. The molecule has 0 spiro atoms. The van der Waals surface area contributed by atoms with E-state index in [1.807, 2.05) is 0 Å². The van der Waals surface area contributed by atoms with Crippen LogP contribution in [0.25, 0.3) is 0 Å². The minimum atomic E-state index is 0.790. The first-order chi connectivity index (χ1) is 5.75. The third-order valence-corrected chi connectivity index (χ3v) is 5.42. The molecular formula is C11H14S. The quantitative estimate of drug-likeness (QED) is 0.514. The van der Waals surface area contributed by atoms with E-state index in [0.29, 0.717) is 0 Å². The Morgan fingerprint density at radius 2 is 1.42 bits per heavy atom. The van der Waals surface area contributed by atoms with E-state index in [2.05, 4.69) is 24.9 Å². The summed E-state index contributed by atoms with van der Waals surface area (Å²) in [6.45, 7) is 8.46. The summed E-state index contributed by atoms with van der Waals surface area (Å²) in [6, 6.07) is 0. The first kappa shape index (κ1) is 7.25. The predicted molar refractivity (Wildman–Crippen MR) is 54.3 cm³/mol. The molecule has 0 nitrogen and oxygen atoms in total. The van der Waals surface area contributed by atoms with E-state index < -0.39 is 0 Å². The SMILES string of the molecule is C=C1[C@@H]2C[C@@H]3C[C@H]1S[C@H](C2)C3=C. The molecule has 2 saturated carbocycles. The fourth-order valence-corrected chi connectivity index (χ4v) is 4.79. The highest BCUT2D eigenvalue weighted by molar-refractivity contribution is 8.01. The van der Waals surface area contributed by atoms with Crippen molar-refractivity contribution in [1.29, 1.82) is 0 Å². The summed E-state index contributed by atoms with van der Waals surface area (Å²) in [7, 11) is 0. The standard InChI is InChI=1S/C11H14S/c1-6-8-3-9-5-10(6)12-11(4-8)7(9)2/h8-11H,1-5H2/t8-,9-,10-,11-/m1/s1. The zero-order chi connectivity index (χ0) is 8.29. The Labute approximate surface area is 78.1 Å². The first-order valence-electron chi connectivity index (χ1n) is 4.78. The highest BCUT2D eigenvalue weighted by Crippen LogP contribution is 2.57. The molecule has 0 unspecified atom stereocenters. The lowest BCUT2D eigenvalue weighted by Gasteiger charge is -2.51. The first-order valence-corrected chi connectivity index (χ1v) is 5.73. The molecule has 64 valence electrons. The lowest BCUT2D eigenvalue weighted by molar-refractivity contribution is 0.302. The molecule has 0 aromatic rings. The smallest absolute Gasteiger partial charge is 0.0268 e. The summed E-state index contributed by atoms with van der Waals surface area (Å²) in [4.78, 5) is 0. The Morgan fingerprint density at radius 1 is 0.917 bits per heavy atom. The highest BCUT2D eigenvalue weighted by Gasteiger charge is 2.46. The van der Waals surface area contributed by atoms with E-state index in [-0.39, 0.29) is 0 Å². The van der Waals surface area contributed by atoms with Gasteiger partial charge in [0.2, 0.25) is 0 Å². The predicted octanol–water partition coefficient (Wildman–Crippen LogP) is 3.01. The van der Waals surface area contributed by atoms with Crippen LogP contribution >= 0.6 is 11.8 Å². The molecule has 4 bridgehead atoms.